The predicted octanol–water partition coefficient (Wildman–Crippen LogP) is 7.70. The summed E-state index contributed by atoms with van der Waals surface area (Å²) in [5, 5.41) is 0. The Morgan fingerprint density at radius 2 is 1.59 bits per heavy atom. The van der Waals surface area contributed by atoms with Gasteiger partial charge in [0.05, 0.1) is 48.0 Å². The van der Waals surface area contributed by atoms with Crippen LogP contribution in [0, 0.1) is 0 Å². The molecule has 0 unspecified atom stereocenters. The fourth-order valence-corrected chi connectivity index (χ4v) is 7.78. The maximum Gasteiger partial charge on any atom is 0.338 e. The van der Waals surface area contributed by atoms with Gasteiger partial charge < -0.3 is 18.8 Å². The number of fused-ring (bicyclic) bond motifs is 1. The molecule has 6 aromatic rings. The molecule has 1 aliphatic rings. The first-order chi connectivity index (χ1) is 24.8. The topological polar surface area (TPSA) is 84.1 Å². The number of benzene rings is 4. The molecule has 4 aromatic carbocycles. The number of halogens is 1. The predicted molar refractivity (Wildman–Crippen MR) is 204 cm³/mol. The summed E-state index contributed by atoms with van der Waals surface area (Å²) in [5.41, 5.74) is 6.82. The third kappa shape index (κ3) is 6.37. The van der Waals surface area contributed by atoms with Gasteiger partial charge in [-0.1, -0.05) is 87.9 Å². The van der Waals surface area contributed by atoms with Crippen molar-refractivity contribution < 1.29 is 19.0 Å². The van der Waals surface area contributed by atoms with Gasteiger partial charge in [0.1, 0.15) is 17.5 Å². The Hall–Kier alpha value is -5.45. The number of carbonyl (C=O) groups excluding carboxylic acids is 1. The van der Waals surface area contributed by atoms with Crippen molar-refractivity contribution in [3.8, 4) is 39.7 Å². The van der Waals surface area contributed by atoms with Gasteiger partial charge in [-0.3, -0.25) is 9.36 Å². The molecule has 8 nitrogen and oxygen atoms in total. The van der Waals surface area contributed by atoms with Crippen LogP contribution in [0.3, 0.4) is 0 Å². The first kappa shape index (κ1) is 34.0. The number of nitrogens with zero attached hydrogens (tertiary/aromatic N) is 3. The van der Waals surface area contributed by atoms with E-state index in [0.717, 1.165) is 38.2 Å². The van der Waals surface area contributed by atoms with Gasteiger partial charge in [0.15, 0.2) is 4.80 Å². The Labute approximate surface area is 307 Å². The molecule has 0 fully saturated rings. The van der Waals surface area contributed by atoms with E-state index in [1.807, 2.05) is 60.7 Å². The van der Waals surface area contributed by atoms with Crippen LogP contribution in [0.4, 0.5) is 0 Å². The van der Waals surface area contributed by atoms with Gasteiger partial charge in [0.2, 0.25) is 0 Å². The number of esters is 1. The molecular formula is C41H34BrN3O5S. The van der Waals surface area contributed by atoms with Crippen molar-refractivity contribution in [3.63, 3.8) is 0 Å². The van der Waals surface area contributed by atoms with Crippen molar-refractivity contribution in [2.24, 2.45) is 4.99 Å². The van der Waals surface area contributed by atoms with Gasteiger partial charge in [0.25, 0.3) is 5.56 Å². The minimum absolute atomic E-state index is 0.174. The Morgan fingerprint density at radius 3 is 2.24 bits per heavy atom. The van der Waals surface area contributed by atoms with Crippen LogP contribution >= 0.6 is 27.3 Å². The molecule has 7 rings (SSSR count). The van der Waals surface area contributed by atoms with Gasteiger partial charge >= 0.3 is 5.97 Å². The lowest BCUT2D eigenvalue weighted by atomic mass is 9.95. The fourth-order valence-electron chi connectivity index (χ4n) is 6.48. The van der Waals surface area contributed by atoms with E-state index < -0.39 is 12.0 Å². The van der Waals surface area contributed by atoms with Gasteiger partial charge in [-0.2, -0.15) is 0 Å². The maximum absolute atomic E-state index is 14.7. The van der Waals surface area contributed by atoms with Gasteiger partial charge in [0, 0.05) is 27.4 Å². The van der Waals surface area contributed by atoms with Crippen LogP contribution in [0.5, 0.6) is 11.5 Å². The van der Waals surface area contributed by atoms with Gasteiger partial charge in [-0.15, -0.1) is 0 Å². The highest BCUT2D eigenvalue weighted by molar-refractivity contribution is 9.10. The lowest BCUT2D eigenvalue weighted by Gasteiger charge is -2.26. The van der Waals surface area contributed by atoms with E-state index in [-0.39, 0.29) is 17.7 Å². The van der Waals surface area contributed by atoms with E-state index in [1.165, 1.54) is 11.3 Å². The van der Waals surface area contributed by atoms with Crippen molar-refractivity contribution in [3.05, 3.63) is 156 Å². The number of ether oxygens (including phenoxy) is 3. The minimum Gasteiger partial charge on any atom is -0.497 e. The summed E-state index contributed by atoms with van der Waals surface area (Å²) >= 11 is 4.87. The van der Waals surface area contributed by atoms with Crippen molar-refractivity contribution in [1.29, 1.82) is 0 Å². The first-order valence-corrected chi connectivity index (χ1v) is 18.0. The zero-order valence-electron chi connectivity index (χ0n) is 28.4. The molecule has 2 aromatic heterocycles. The number of methoxy groups -OCH3 is 2. The van der Waals surface area contributed by atoms with Crippen LogP contribution in [0.25, 0.3) is 34.3 Å². The van der Waals surface area contributed by atoms with E-state index in [4.69, 9.17) is 19.2 Å². The van der Waals surface area contributed by atoms with Crippen LogP contribution in [0.2, 0.25) is 0 Å². The molecule has 1 aliphatic heterocycles. The highest BCUT2D eigenvalue weighted by Crippen LogP contribution is 2.39. The average molecular weight is 761 g/mol. The van der Waals surface area contributed by atoms with E-state index in [9.17, 15) is 9.59 Å². The summed E-state index contributed by atoms with van der Waals surface area (Å²) in [6.45, 7) is 3.69. The van der Waals surface area contributed by atoms with Crippen molar-refractivity contribution in [2.75, 3.05) is 20.8 Å². The standard InChI is InChI=1S/C41H34BrN3O5S/c1-5-50-40(47)36-25(2)43-41-45(38(36)32-21-20-31(48-3)24-34(32)49-4)39(46)35(51-41)23-28-22-33(26-12-8-6-9-13-26)44(30-18-16-29(42)17-19-30)37(28)27-14-10-7-11-15-27/h6-24,38H,5H2,1-4H3/b35-23-/t38-/m0/s1. The minimum atomic E-state index is -0.843. The maximum atomic E-state index is 14.7. The van der Waals surface area contributed by atoms with E-state index in [0.29, 0.717) is 32.1 Å². The van der Waals surface area contributed by atoms with Crippen LogP contribution < -0.4 is 24.4 Å². The number of thiazole rings is 1. The van der Waals surface area contributed by atoms with Crippen molar-refractivity contribution in [1.82, 2.24) is 9.13 Å². The van der Waals surface area contributed by atoms with Gasteiger partial charge in [-0.05, 0) is 73.5 Å². The van der Waals surface area contributed by atoms with Crippen LogP contribution in [-0.2, 0) is 9.53 Å². The smallest absolute Gasteiger partial charge is 0.338 e. The molecule has 1 atom stereocenters. The van der Waals surface area contributed by atoms with E-state index >= 15 is 0 Å². The highest BCUT2D eigenvalue weighted by atomic mass is 79.9. The van der Waals surface area contributed by atoms with Crippen molar-refractivity contribution >= 4 is 39.3 Å². The monoisotopic (exact) mass is 759 g/mol. The zero-order valence-corrected chi connectivity index (χ0v) is 30.8. The molecule has 0 aliphatic carbocycles. The van der Waals surface area contributed by atoms with Crippen LogP contribution in [-0.4, -0.2) is 35.9 Å². The summed E-state index contributed by atoms with van der Waals surface area (Å²) in [6.07, 6.45) is 1.93. The molecule has 256 valence electrons. The van der Waals surface area contributed by atoms with E-state index in [1.54, 1.807) is 44.8 Å². The molecule has 10 heteroatoms. The SMILES string of the molecule is CCOC(=O)C1=C(C)N=c2s/c(=C\c3cc(-c4ccccc4)n(-c4ccc(Br)cc4)c3-c3ccccc3)c(=O)n2[C@H]1c1ccc(OC)cc1OC. The molecular weight excluding hydrogens is 726 g/mol. The van der Waals surface area contributed by atoms with Crippen LogP contribution in [0.1, 0.15) is 31.0 Å². The third-order valence-electron chi connectivity index (χ3n) is 8.77. The summed E-state index contributed by atoms with van der Waals surface area (Å²) < 4.78 is 22.0. The Morgan fingerprint density at radius 1 is 0.902 bits per heavy atom. The quantitative estimate of drug-likeness (QED) is 0.141. The third-order valence-corrected chi connectivity index (χ3v) is 10.3. The molecule has 0 amide bonds. The number of allylic oxidation sites excluding steroid dienone is 1. The molecule has 3 heterocycles. The molecule has 0 N–H and O–H groups in total. The summed E-state index contributed by atoms with van der Waals surface area (Å²) in [6, 6.07) is 35.2. The summed E-state index contributed by atoms with van der Waals surface area (Å²) in [5.74, 6) is 0.511. The average Bonchev–Trinajstić information content (AvgIpc) is 3.68. The molecule has 0 spiro atoms. The summed E-state index contributed by atoms with van der Waals surface area (Å²) in [7, 11) is 3.12. The second-order valence-electron chi connectivity index (χ2n) is 11.8. The molecule has 51 heavy (non-hydrogen) atoms. The Balaban J connectivity index is 1.52. The number of carbonyl (C=O) groups is 1. The molecule has 0 radical (unpaired) electrons. The second kappa shape index (κ2) is 14.4. The Bertz CT molecular complexity index is 2470. The van der Waals surface area contributed by atoms with E-state index in [2.05, 4.69) is 63.0 Å². The second-order valence-corrected chi connectivity index (χ2v) is 13.7. The molecule has 0 saturated carbocycles. The number of hydrogen-bond acceptors (Lipinski definition) is 7. The van der Waals surface area contributed by atoms with Gasteiger partial charge in [-0.25, -0.2) is 9.79 Å². The zero-order chi connectivity index (χ0) is 35.6. The normalized spacial score (nSPS) is 14.2. The summed E-state index contributed by atoms with van der Waals surface area (Å²) in [4.78, 5) is 33.5. The molecule has 0 saturated heterocycles. The lowest BCUT2D eigenvalue weighted by molar-refractivity contribution is -0.139. The van der Waals surface area contributed by atoms with Crippen molar-refractivity contribution in [2.45, 2.75) is 19.9 Å². The Kier molecular flexibility index (Phi) is 9.62. The lowest BCUT2D eigenvalue weighted by Crippen LogP contribution is -2.40. The first-order valence-electron chi connectivity index (χ1n) is 16.4. The number of hydrogen-bond donors (Lipinski definition) is 0. The highest BCUT2D eigenvalue weighted by Gasteiger charge is 2.35. The number of rotatable bonds is 9. The molecule has 0 bridgehead atoms. The van der Waals surface area contributed by atoms with Crippen LogP contribution in [0.15, 0.2) is 135 Å². The fraction of sp³-hybridized carbons (Fsp3) is 0.146. The number of aromatic nitrogens is 2. The largest absolute Gasteiger partial charge is 0.497 e.